The van der Waals surface area contributed by atoms with E-state index in [0.29, 0.717) is 13.0 Å². The van der Waals surface area contributed by atoms with Gasteiger partial charge >= 0.3 is 20.1 Å². The molecule has 0 radical (unpaired) electrons. The fourth-order valence-electron chi connectivity index (χ4n) is 3.65. The summed E-state index contributed by atoms with van der Waals surface area (Å²) in [6.07, 6.45) is 2.79. The van der Waals surface area contributed by atoms with E-state index in [2.05, 4.69) is 71.9 Å². The van der Waals surface area contributed by atoms with Crippen molar-refractivity contribution in [3.05, 3.63) is 41.6 Å². The number of carbonyl (C=O) groups is 1. The monoisotopic (exact) mass is 568 g/mol. The van der Waals surface area contributed by atoms with Crippen molar-refractivity contribution in [1.29, 1.82) is 0 Å². The summed E-state index contributed by atoms with van der Waals surface area (Å²) in [6, 6.07) is 10.6. The molecule has 162 valence electrons. The molecule has 0 aliphatic heterocycles. The molecule has 0 unspecified atom stereocenters. The zero-order valence-corrected chi connectivity index (χ0v) is 21.7. The second-order valence-corrected chi connectivity index (χ2v) is 8.51. The molecule has 28 heavy (non-hydrogen) atoms. The van der Waals surface area contributed by atoms with Crippen LogP contribution in [0.1, 0.15) is 59.9 Å². The molecule has 1 aromatic carbocycles. The van der Waals surface area contributed by atoms with Gasteiger partial charge in [-0.3, -0.25) is 0 Å². The average Bonchev–Trinajstić information content (AvgIpc) is 2.80. The van der Waals surface area contributed by atoms with E-state index < -0.39 is 5.91 Å². The molecule has 0 aromatic heterocycles. The Balaban J connectivity index is 0. The van der Waals surface area contributed by atoms with Crippen LogP contribution in [0.4, 0.5) is 0 Å². The summed E-state index contributed by atoms with van der Waals surface area (Å²) in [5.41, 5.74) is 7.95. The second-order valence-electron chi connectivity index (χ2n) is 8.51. The number of rotatable bonds is 5. The molecule has 2 rings (SSSR count). The number of nitrogens with zero attached hydrogens (tertiary/aromatic N) is 1. The molecule has 1 aliphatic rings. The molecule has 1 fully saturated rings. The van der Waals surface area contributed by atoms with Crippen LogP contribution in [0.25, 0.3) is 5.73 Å². The summed E-state index contributed by atoms with van der Waals surface area (Å²) < 4.78 is 0. The largest absolute Gasteiger partial charge is 3.00 e. The number of nitrogens with one attached hydrogen (secondary N) is 1. The fourth-order valence-corrected chi connectivity index (χ4v) is 3.65. The first-order valence-electron chi connectivity index (χ1n) is 10.5. The topological polar surface area (TPSA) is 44.1 Å². The van der Waals surface area contributed by atoms with E-state index in [9.17, 15) is 4.79 Å². The van der Waals surface area contributed by atoms with E-state index in [0.717, 1.165) is 29.6 Å². The Labute approximate surface area is 188 Å². The van der Waals surface area contributed by atoms with Gasteiger partial charge in [-0.25, -0.2) is 0 Å². The van der Waals surface area contributed by atoms with Gasteiger partial charge in [0, 0.05) is 13.0 Å². The molecule has 1 aromatic rings. The number of hydrogen-bond acceptors (Lipinski definition) is 2. The zero-order chi connectivity index (χ0) is 21.0. The summed E-state index contributed by atoms with van der Waals surface area (Å²) in [4.78, 5) is 11.9. The van der Waals surface area contributed by atoms with Gasteiger partial charge in [0.05, 0.1) is 5.91 Å². The number of aryl methyl sites for hydroxylation is 1. The van der Waals surface area contributed by atoms with Crippen molar-refractivity contribution in [2.45, 2.75) is 60.8 Å². The Morgan fingerprint density at radius 1 is 0.893 bits per heavy atom. The maximum Gasteiger partial charge on any atom is 3.00 e. The van der Waals surface area contributed by atoms with E-state index in [1.165, 1.54) is 18.4 Å². The molecular weight excluding hydrogens is 524 g/mol. The smallest absolute Gasteiger partial charge is 0.668 e. The zero-order valence-electron chi connectivity index (χ0n) is 19.3. The molecule has 0 atom stereocenters. The van der Waals surface area contributed by atoms with E-state index in [1.54, 1.807) is 0 Å². The van der Waals surface area contributed by atoms with Crippen molar-refractivity contribution in [2.24, 2.45) is 29.6 Å². The Morgan fingerprint density at radius 3 is 1.54 bits per heavy atom. The van der Waals surface area contributed by atoms with Crippen molar-refractivity contribution in [2.75, 3.05) is 20.6 Å². The van der Waals surface area contributed by atoms with E-state index in [1.807, 2.05) is 19.0 Å². The predicted molar refractivity (Wildman–Crippen MR) is 119 cm³/mol. The Kier molecular flexibility index (Phi) is 17.0. The molecule has 0 heterocycles. The minimum absolute atomic E-state index is 0. The van der Waals surface area contributed by atoms with E-state index in [-0.39, 0.29) is 20.1 Å². The van der Waals surface area contributed by atoms with Gasteiger partial charge in [-0.2, -0.15) is 0 Å². The number of hydrogen-bond donors (Lipinski definition) is 0. The summed E-state index contributed by atoms with van der Waals surface area (Å²) in [5, 5.41) is 0. The molecule has 4 heteroatoms. The van der Waals surface area contributed by atoms with Gasteiger partial charge in [0.1, 0.15) is 0 Å². The predicted octanol–water partition coefficient (Wildman–Crippen LogP) is 6.33. The van der Waals surface area contributed by atoms with Crippen molar-refractivity contribution in [3.8, 4) is 0 Å². The third kappa shape index (κ3) is 12.0. The molecule has 3 nitrogen and oxygen atoms in total. The maximum absolute atomic E-state index is 9.99. The molecule has 0 bridgehead atoms. The first-order valence-corrected chi connectivity index (χ1v) is 10.5. The van der Waals surface area contributed by atoms with Crippen LogP contribution in [0.5, 0.6) is 0 Å². The number of amides is 1. The van der Waals surface area contributed by atoms with Gasteiger partial charge in [0.15, 0.2) is 0 Å². The minimum atomic E-state index is -0.487. The molecular formula is C24H43IrN2O+2. The molecule has 1 amide bonds. The van der Waals surface area contributed by atoms with Crippen LogP contribution in [0.15, 0.2) is 30.3 Å². The molecule has 1 saturated carbocycles. The molecule has 1 aliphatic carbocycles. The summed E-state index contributed by atoms with van der Waals surface area (Å²) in [7, 11) is 3.76. The molecule has 1 N–H and O–H groups in total. The first-order chi connectivity index (χ1) is 12.6. The van der Waals surface area contributed by atoms with Gasteiger partial charge in [0.25, 0.3) is 0 Å². The normalized spacial score (nSPS) is 25.7. The van der Waals surface area contributed by atoms with E-state index >= 15 is 0 Å². The quantitative estimate of drug-likeness (QED) is 0.417. The summed E-state index contributed by atoms with van der Waals surface area (Å²) in [6.45, 7) is 14.9. The Hall–Kier alpha value is -0.701. The minimum Gasteiger partial charge on any atom is -0.668 e. The third-order valence-corrected chi connectivity index (χ3v) is 6.31. The van der Waals surface area contributed by atoms with Crippen LogP contribution in [0, 0.1) is 29.6 Å². The average molecular weight is 568 g/mol. The van der Waals surface area contributed by atoms with Crippen LogP contribution < -0.4 is 0 Å². The van der Waals surface area contributed by atoms with Gasteiger partial charge in [-0.1, -0.05) is 78.3 Å². The van der Waals surface area contributed by atoms with Crippen LogP contribution in [0.3, 0.4) is 0 Å². The van der Waals surface area contributed by atoms with Gasteiger partial charge in [0.2, 0.25) is 0 Å². The Morgan fingerprint density at radius 2 is 1.29 bits per heavy atom. The van der Waals surface area contributed by atoms with Crippen LogP contribution in [0.2, 0.25) is 0 Å². The molecule has 0 spiro atoms. The van der Waals surface area contributed by atoms with Gasteiger partial charge in [-0.15, -0.1) is 0 Å². The van der Waals surface area contributed by atoms with E-state index in [4.69, 9.17) is 5.73 Å². The van der Waals surface area contributed by atoms with Crippen LogP contribution in [-0.2, 0) is 31.3 Å². The summed E-state index contributed by atoms with van der Waals surface area (Å²) >= 11 is 0. The van der Waals surface area contributed by atoms with Crippen molar-refractivity contribution in [3.63, 3.8) is 0 Å². The fraction of sp³-hybridized carbons (Fsp3) is 0.708. The van der Waals surface area contributed by atoms with Crippen molar-refractivity contribution < 1.29 is 24.9 Å². The van der Waals surface area contributed by atoms with Crippen LogP contribution in [-0.4, -0.2) is 31.4 Å². The maximum atomic E-state index is 9.99. The van der Waals surface area contributed by atoms with Crippen molar-refractivity contribution >= 4 is 5.91 Å². The van der Waals surface area contributed by atoms with Crippen LogP contribution >= 0.6 is 0 Å². The Bertz CT molecular complexity index is 462. The number of carbonyl (C=O) groups excluding carboxylic acids is 1. The first kappa shape index (κ1) is 29.5. The standard InChI is InChI=1S/C10H20.C9H12.C5H12N2O.Ir/c1-6-7(2)9(4)10(5)8(6)3;1-2-6-9-7-4-3-5-8-9;1-7(2)4-3-5(6)8;/h6-10H,1-5H3;3-5,7-8H,2,6H2,1H3;3-4H2,1-2H3,(H2,6,8);/q;;;+3/p-1. The molecule has 0 saturated heterocycles. The van der Waals surface area contributed by atoms with Gasteiger partial charge < -0.3 is 15.4 Å². The van der Waals surface area contributed by atoms with Crippen molar-refractivity contribution in [1.82, 2.24) is 4.90 Å². The third-order valence-electron chi connectivity index (χ3n) is 6.31. The number of benzene rings is 1. The van der Waals surface area contributed by atoms with Gasteiger partial charge in [-0.05, 0) is 55.7 Å². The summed E-state index contributed by atoms with van der Waals surface area (Å²) in [5.74, 6) is 4.19. The SMILES string of the molecule is CC1C(C)C(C)C(C)C1C.CCCc1ccccc1.CN(C)CCC([NH-])=O.[Ir+3]. The second kappa shape index (κ2) is 16.1.